The number of ether oxygens (including phenoxy) is 1. The van der Waals surface area contributed by atoms with Crippen molar-refractivity contribution in [1.29, 1.82) is 0 Å². The highest BCUT2D eigenvalue weighted by Gasteiger charge is 2.45. The first-order valence-corrected chi connectivity index (χ1v) is 9.69. The smallest absolute Gasteiger partial charge is 0.334 e. The van der Waals surface area contributed by atoms with E-state index in [0.717, 1.165) is 27.7 Å². The normalized spacial score (nSPS) is 19.9. The third kappa shape index (κ3) is 4.42. The number of aliphatic imine (C=N–C) groups is 1. The molecule has 1 aliphatic heterocycles. The quantitative estimate of drug-likeness (QED) is 0.633. The zero-order valence-electron chi connectivity index (χ0n) is 15.5. The zero-order valence-corrected chi connectivity index (χ0v) is 17.0. The minimum Gasteiger partial charge on any atom is -0.458 e. The van der Waals surface area contributed by atoms with E-state index in [9.17, 15) is 4.79 Å². The molecule has 4 heteroatoms. The Labute approximate surface area is 163 Å². The van der Waals surface area contributed by atoms with Gasteiger partial charge in [0.1, 0.15) is 5.60 Å². The van der Waals surface area contributed by atoms with Gasteiger partial charge in [-0.15, -0.1) is 0 Å². The van der Waals surface area contributed by atoms with Crippen LogP contribution in [0.1, 0.15) is 44.7 Å². The average molecular weight is 414 g/mol. The summed E-state index contributed by atoms with van der Waals surface area (Å²) in [6.45, 7) is 5.69. The van der Waals surface area contributed by atoms with Crippen LogP contribution in [0.4, 0.5) is 0 Å². The van der Waals surface area contributed by atoms with Crippen molar-refractivity contribution in [3.8, 4) is 0 Å². The highest BCUT2D eigenvalue weighted by molar-refractivity contribution is 9.10. The lowest BCUT2D eigenvalue weighted by molar-refractivity contribution is -0.161. The Balaban J connectivity index is 1.96. The number of carbonyl (C=O) groups excluding carboxylic acids is 1. The maximum absolute atomic E-state index is 13.1. The molecule has 0 aliphatic carbocycles. The first kappa shape index (κ1) is 18.8. The van der Waals surface area contributed by atoms with Gasteiger partial charge in [0.2, 0.25) is 0 Å². The molecular formula is C22H24BrNO2. The SMILES string of the molecule is CC(C)(C)OC(=O)[C@]1(Cc2ccc(Br)cc2)CCC(c2ccccc2)=N1. The van der Waals surface area contributed by atoms with Crippen molar-refractivity contribution in [1.82, 2.24) is 0 Å². The van der Waals surface area contributed by atoms with Crippen LogP contribution in [0.25, 0.3) is 0 Å². The van der Waals surface area contributed by atoms with Crippen molar-refractivity contribution in [3.05, 3.63) is 70.2 Å². The van der Waals surface area contributed by atoms with Crippen LogP contribution in [0, 0.1) is 0 Å². The standard InChI is InChI=1S/C22H24BrNO2/c1-21(2,3)26-20(25)22(15-16-9-11-18(23)12-10-16)14-13-19(24-22)17-7-5-4-6-8-17/h4-12H,13-15H2,1-3H3/t22-/m1/s1. The number of nitrogens with zero attached hydrogens (tertiary/aromatic N) is 1. The second-order valence-electron chi connectivity index (χ2n) is 7.76. The Bertz CT molecular complexity index is 806. The third-order valence-electron chi connectivity index (χ3n) is 4.42. The minimum absolute atomic E-state index is 0.237. The van der Waals surface area contributed by atoms with Gasteiger partial charge in [-0.25, -0.2) is 4.79 Å². The van der Waals surface area contributed by atoms with Gasteiger partial charge in [-0.1, -0.05) is 58.4 Å². The molecule has 0 radical (unpaired) electrons. The number of hydrogen-bond acceptors (Lipinski definition) is 3. The Hall–Kier alpha value is -1.94. The van der Waals surface area contributed by atoms with E-state index >= 15 is 0 Å². The van der Waals surface area contributed by atoms with Gasteiger partial charge in [-0.05, 0) is 56.9 Å². The second kappa shape index (κ2) is 7.36. The molecule has 3 nitrogen and oxygen atoms in total. The van der Waals surface area contributed by atoms with E-state index in [2.05, 4.69) is 15.9 Å². The molecule has 136 valence electrons. The molecular weight excluding hydrogens is 390 g/mol. The number of halogens is 1. The lowest BCUT2D eigenvalue weighted by atomic mass is 9.88. The average Bonchev–Trinajstić information content (AvgIpc) is 3.02. The first-order valence-electron chi connectivity index (χ1n) is 8.89. The van der Waals surface area contributed by atoms with Crippen molar-refractivity contribution >= 4 is 27.6 Å². The first-order chi connectivity index (χ1) is 12.3. The molecule has 2 aromatic carbocycles. The number of esters is 1. The monoisotopic (exact) mass is 413 g/mol. The van der Waals surface area contributed by atoms with Crippen LogP contribution in [0.15, 0.2) is 64.1 Å². The van der Waals surface area contributed by atoms with Gasteiger partial charge in [-0.3, -0.25) is 4.99 Å². The van der Waals surface area contributed by atoms with E-state index in [0.29, 0.717) is 12.8 Å². The van der Waals surface area contributed by atoms with Gasteiger partial charge in [-0.2, -0.15) is 0 Å². The summed E-state index contributed by atoms with van der Waals surface area (Å²) in [5.74, 6) is -0.237. The zero-order chi connectivity index (χ0) is 18.8. The van der Waals surface area contributed by atoms with Crippen molar-refractivity contribution in [2.24, 2.45) is 4.99 Å². The van der Waals surface area contributed by atoms with Crippen LogP contribution >= 0.6 is 15.9 Å². The molecule has 0 amide bonds. The summed E-state index contributed by atoms with van der Waals surface area (Å²) in [7, 11) is 0. The molecule has 0 bridgehead atoms. The van der Waals surface area contributed by atoms with Gasteiger partial charge in [0.25, 0.3) is 0 Å². The highest BCUT2D eigenvalue weighted by Crippen LogP contribution is 2.34. The molecule has 2 aromatic rings. The number of carbonyl (C=O) groups is 1. The maximum Gasteiger partial charge on any atom is 0.334 e. The van der Waals surface area contributed by atoms with E-state index in [4.69, 9.17) is 9.73 Å². The fourth-order valence-electron chi connectivity index (χ4n) is 3.20. The van der Waals surface area contributed by atoms with E-state index in [1.165, 1.54) is 0 Å². The van der Waals surface area contributed by atoms with Crippen LogP contribution in [-0.2, 0) is 16.0 Å². The molecule has 0 spiro atoms. The van der Waals surface area contributed by atoms with E-state index in [1.807, 2.05) is 75.4 Å². The lowest BCUT2D eigenvalue weighted by Crippen LogP contribution is -2.42. The number of hydrogen-bond donors (Lipinski definition) is 0. The van der Waals surface area contributed by atoms with Crippen LogP contribution in [0.2, 0.25) is 0 Å². The Morgan fingerprint density at radius 2 is 1.77 bits per heavy atom. The molecule has 3 rings (SSSR count). The van der Waals surface area contributed by atoms with E-state index in [1.54, 1.807) is 0 Å². The Morgan fingerprint density at radius 1 is 1.12 bits per heavy atom. The van der Waals surface area contributed by atoms with Crippen molar-refractivity contribution in [2.75, 3.05) is 0 Å². The summed E-state index contributed by atoms with van der Waals surface area (Å²) in [6, 6.07) is 18.1. The number of rotatable bonds is 4. The molecule has 26 heavy (non-hydrogen) atoms. The van der Waals surface area contributed by atoms with Crippen LogP contribution in [0.3, 0.4) is 0 Å². The van der Waals surface area contributed by atoms with Crippen LogP contribution in [0.5, 0.6) is 0 Å². The maximum atomic E-state index is 13.1. The second-order valence-corrected chi connectivity index (χ2v) is 8.68. The fraction of sp³-hybridized carbons (Fsp3) is 0.364. The van der Waals surface area contributed by atoms with Crippen molar-refractivity contribution in [2.45, 2.75) is 51.2 Å². The molecule has 1 heterocycles. The third-order valence-corrected chi connectivity index (χ3v) is 4.95. The Morgan fingerprint density at radius 3 is 2.38 bits per heavy atom. The molecule has 0 N–H and O–H groups in total. The largest absolute Gasteiger partial charge is 0.458 e. The predicted molar refractivity (Wildman–Crippen MR) is 109 cm³/mol. The number of benzene rings is 2. The van der Waals surface area contributed by atoms with Gasteiger partial charge in [0, 0.05) is 16.6 Å². The molecule has 1 atom stereocenters. The van der Waals surface area contributed by atoms with E-state index < -0.39 is 11.1 Å². The van der Waals surface area contributed by atoms with Gasteiger partial charge in [0.15, 0.2) is 5.54 Å². The molecule has 1 aliphatic rings. The summed E-state index contributed by atoms with van der Waals surface area (Å²) in [6.07, 6.45) is 1.99. The van der Waals surface area contributed by atoms with Crippen LogP contribution in [-0.4, -0.2) is 22.8 Å². The fourth-order valence-corrected chi connectivity index (χ4v) is 3.46. The minimum atomic E-state index is -0.855. The van der Waals surface area contributed by atoms with Gasteiger partial charge >= 0.3 is 5.97 Å². The summed E-state index contributed by atoms with van der Waals surface area (Å²) in [4.78, 5) is 18.0. The lowest BCUT2D eigenvalue weighted by Gasteiger charge is -2.29. The van der Waals surface area contributed by atoms with E-state index in [-0.39, 0.29) is 5.97 Å². The molecule has 0 fully saturated rings. The topological polar surface area (TPSA) is 38.7 Å². The highest BCUT2D eigenvalue weighted by atomic mass is 79.9. The van der Waals surface area contributed by atoms with Crippen LogP contribution < -0.4 is 0 Å². The molecule has 0 aromatic heterocycles. The summed E-state index contributed by atoms with van der Waals surface area (Å²) < 4.78 is 6.77. The Kier molecular flexibility index (Phi) is 5.33. The summed E-state index contributed by atoms with van der Waals surface area (Å²) >= 11 is 3.46. The predicted octanol–water partition coefficient (Wildman–Crippen LogP) is 5.36. The van der Waals surface area contributed by atoms with Gasteiger partial charge < -0.3 is 4.74 Å². The van der Waals surface area contributed by atoms with Gasteiger partial charge in [0.05, 0.1) is 0 Å². The van der Waals surface area contributed by atoms with Crippen molar-refractivity contribution in [3.63, 3.8) is 0 Å². The summed E-state index contributed by atoms with van der Waals surface area (Å²) in [5, 5.41) is 0. The molecule has 0 saturated heterocycles. The molecule has 0 saturated carbocycles. The van der Waals surface area contributed by atoms with Crippen molar-refractivity contribution < 1.29 is 9.53 Å². The summed E-state index contributed by atoms with van der Waals surface area (Å²) in [5.41, 5.74) is 1.75. The molecule has 0 unspecified atom stereocenters.